The van der Waals surface area contributed by atoms with Crippen molar-refractivity contribution < 1.29 is 8.42 Å². The number of hydrogen-bond acceptors (Lipinski definition) is 5. The zero-order valence-electron chi connectivity index (χ0n) is 14.9. The van der Waals surface area contributed by atoms with Crippen molar-refractivity contribution >= 4 is 21.3 Å². The summed E-state index contributed by atoms with van der Waals surface area (Å²) in [5.74, 6) is 0.272. The summed E-state index contributed by atoms with van der Waals surface area (Å²) in [6, 6.07) is 19.9. The maximum absolute atomic E-state index is 13.3. The molecule has 0 spiro atoms. The van der Waals surface area contributed by atoms with Crippen LogP contribution in [0.4, 0.5) is 5.82 Å². The molecular formula is C20H18N4O2S. The predicted octanol–water partition coefficient (Wildman–Crippen LogP) is 3.58. The first kappa shape index (κ1) is 17.2. The fourth-order valence-electron chi connectivity index (χ4n) is 3.06. The number of benzene rings is 2. The summed E-state index contributed by atoms with van der Waals surface area (Å²) in [6.45, 7) is 1.84. The van der Waals surface area contributed by atoms with Crippen LogP contribution >= 0.6 is 0 Å². The van der Waals surface area contributed by atoms with Crippen LogP contribution < -0.4 is 5.32 Å². The van der Waals surface area contributed by atoms with Crippen LogP contribution in [0.15, 0.2) is 76.5 Å². The molecule has 0 aliphatic heterocycles. The van der Waals surface area contributed by atoms with Crippen molar-refractivity contribution in [3.05, 3.63) is 72.4 Å². The first-order valence-corrected chi connectivity index (χ1v) is 9.94. The van der Waals surface area contributed by atoms with Crippen LogP contribution in [0, 0.1) is 6.92 Å². The number of nitrogens with one attached hydrogen (secondary N) is 1. The summed E-state index contributed by atoms with van der Waals surface area (Å²) in [6.07, 6.45) is 0. The fraction of sp³-hybridized carbons (Fsp3) is 0.100. The highest BCUT2D eigenvalue weighted by Gasteiger charge is 2.29. The minimum Gasteiger partial charge on any atom is -0.370 e. The van der Waals surface area contributed by atoms with Gasteiger partial charge >= 0.3 is 0 Å². The number of fused-ring (bicyclic) bond motifs is 1. The molecule has 0 aliphatic carbocycles. The first-order valence-electron chi connectivity index (χ1n) is 8.46. The van der Waals surface area contributed by atoms with Gasteiger partial charge in [-0.05, 0) is 25.1 Å². The Bertz CT molecular complexity index is 1220. The van der Waals surface area contributed by atoms with Gasteiger partial charge in [0, 0.05) is 18.3 Å². The van der Waals surface area contributed by atoms with Crippen LogP contribution in [0.5, 0.6) is 0 Å². The number of sulfone groups is 1. The molecule has 136 valence electrons. The molecule has 4 rings (SSSR count). The second-order valence-corrected chi connectivity index (χ2v) is 8.01. The van der Waals surface area contributed by atoms with E-state index in [2.05, 4.69) is 15.4 Å². The molecule has 0 saturated carbocycles. The van der Waals surface area contributed by atoms with Crippen LogP contribution in [0.3, 0.4) is 0 Å². The highest BCUT2D eigenvalue weighted by atomic mass is 32.2. The highest BCUT2D eigenvalue weighted by Crippen LogP contribution is 2.33. The van der Waals surface area contributed by atoms with Crippen molar-refractivity contribution in [3.8, 4) is 11.3 Å². The number of nitrogens with zero attached hydrogens (tertiary/aromatic N) is 3. The Labute approximate surface area is 157 Å². The lowest BCUT2D eigenvalue weighted by Gasteiger charge is -2.07. The van der Waals surface area contributed by atoms with Crippen molar-refractivity contribution in [2.75, 3.05) is 12.4 Å². The lowest BCUT2D eigenvalue weighted by atomic mass is 10.1. The number of aryl methyl sites for hydroxylation is 1. The zero-order valence-corrected chi connectivity index (χ0v) is 15.7. The van der Waals surface area contributed by atoms with E-state index in [1.807, 2.05) is 43.3 Å². The fourth-order valence-corrected chi connectivity index (χ4v) is 4.58. The minimum absolute atomic E-state index is 0.0806. The van der Waals surface area contributed by atoms with Crippen molar-refractivity contribution in [2.45, 2.75) is 16.7 Å². The van der Waals surface area contributed by atoms with Crippen LogP contribution in [0.25, 0.3) is 16.9 Å². The average Bonchev–Trinajstić information content (AvgIpc) is 3.08. The van der Waals surface area contributed by atoms with Crippen LogP contribution in [-0.2, 0) is 9.84 Å². The summed E-state index contributed by atoms with van der Waals surface area (Å²) in [4.78, 5) is 4.79. The molecule has 27 heavy (non-hydrogen) atoms. The van der Waals surface area contributed by atoms with Crippen LogP contribution in [-0.4, -0.2) is 30.1 Å². The SMILES string of the molecule is CNc1nn2c(-c3ccccc3)cc(C)nc2c1S(=O)(=O)c1ccccc1. The smallest absolute Gasteiger partial charge is 0.214 e. The molecule has 1 N–H and O–H groups in total. The summed E-state index contributed by atoms with van der Waals surface area (Å²) >= 11 is 0. The molecule has 0 bridgehead atoms. The number of aromatic nitrogens is 3. The van der Waals surface area contributed by atoms with Gasteiger partial charge in [-0.3, -0.25) is 0 Å². The molecule has 0 saturated heterocycles. The molecule has 0 amide bonds. The molecule has 6 nitrogen and oxygen atoms in total. The van der Waals surface area contributed by atoms with E-state index in [0.29, 0.717) is 11.3 Å². The van der Waals surface area contributed by atoms with Gasteiger partial charge in [0.1, 0.15) is 0 Å². The van der Waals surface area contributed by atoms with Gasteiger partial charge in [0.15, 0.2) is 16.4 Å². The Morgan fingerprint density at radius 2 is 1.59 bits per heavy atom. The molecule has 0 unspecified atom stereocenters. The third kappa shape index (κ3) is 2.86. The lowest BCUT2D eigenvalue weighted by molar-refractivity contribution is 0.597. The van der Waals surface area contributed by atoms with Gasteiger partial charge in [-0.25, -0.2) is 17.9 Å². The second kappa shape index (κ2) is 6.51. The highest BCUT2D eigenvalue weighted by molar-refractivity contribution is 7.91. The monoisotopic (exact) mass is 378 g/mol. The maximum Gasteiger partial charge on any atom is 0.214 e. The predicted molar refractivity (Wildman–Crippen MR) is 105 cm³/mol. The van der Waals surface area contributed by atoms with E-state index in [1.54, 1.807) is 41.9 Å². The molecule has 2 aromatic carbocycles. The molecule has 4 aromatic rings. The number of hydrogen-bond donors (Lipinski definition) is 1. The number of rotatable bonds is 4. The Morgan fingerprint density at radius 1 is 0.963 bits per heavy atom. The Balaban J connectivity index is 2.07. The molecular weight excluding hydrogens is 360 g/mol. The molecule has 0 aliphatic rings. The van der Waals surface area contributed by atoms with Gasteiger partial charge in [-0.2, -0.15) is 0 Å². The van der Waals surface area contributed by atoms with E-state index in [-0.39, 0.29) is 15.6 Å². The molecule has 2 aromatic heterocycles. The Hall–Kier alpha value is -3.19. The van der Waals surface area contributed by atoms with Gasteiger partial charge < -0.3 is 5.32 Å². The molecule has 0 fully saturated rings. The first-order chi connectivity index (χ1) is 13.0. The minimum atomic E-state index is -3.79. The van der Waals surface area contributed by atoms with Gasteiger partial charge in [-0.1, -0.05) is 48.5 Å². The summed E-state index contributed by atoms with van der Waals surface area (Å²) in [5.41, 5.74) is 2.74. The van der Waals surface area contributed by atoms with Crippen molar-refractivity contribution in [1.82, 2.24) is 14.6 Å². The van der Waals surface area contributed by atoms with E-state index in [4.69, 9.17) is 0 Å². The standard InChI is InChI=1S/C20H18N4O2S/c1-14-13-17(15-9-5-3-6-10-15)24-20(22-14)18(19(21-2)23-24)27(25,26)16-11-7-4-8-12-16/h3-13H,1-2H3,(H,21,23). The average molecular weight is 378 g/mol. The molecule has 0 atom stereocenters. The Kier molecular flexibility index (Phi) is 4.16. The van der Waals surface area contributed by atoms with Gasteiger partial charge in [0.05, 0.1) is 10.6 Å². The van der Waals surface area contributed by atoms with Gasteiger partial charge in [0.25, 0.3) is 0 Å². The summed E-state index contributed by atoms with van der Waals surface area (Å²) < 4.78 is 28.2. The second-order valence-electron chi connectivity index (χ2n) is 6.13. The maximum atomic E-state index is 13.3. The largest absolute Gasteiger partial charge is 0.370 e. The third-order valence-corrected chi connectivity index (χ3v) is 6.11. The van der Waals surface area contributed by atoms with E-state index in [1.165, 1.54) is 0 Å². The Morgan fingerprint density at radius 3 is 2.22 bits per heavy atom. The zero-order chi connectivity index (χ0) is 19.0. The topological polar surface area (TPSA) is 76.4 Å². The molecule has 7 heteroatoms. The van der Waals surface area contributed by atoms with E-state index < -0.39 is 9.84 Å². The summed E-state index contributed by atoms with van der Waals surface area (Å²) in [5, 5.41) is 7.41. The van der Waals surface area contributed by atoms with Crippen molar-refractivity contribution in [3.63, 3.8) is 0 Å². The third-order valence-electron chi connectivity index (χ3n) is 4.30. The van der Waals surface area contributed by atoms with E-state index in [0.717, 1.165) is 11.3 Å². The van der Waals surface area contributed by atoms with Crippen LogP contribution in [0.1, 0.15) is 5.69 Å². The normalized spacial score (nSPS) is 11.6. The van der Waals surface area contributed by atoms with Crippen LogP contribution in [0.2, 0.25) is 0 Å². The lowest BCUT2D eigenvalue weighted by Crippen LogP contribution is -2.05. The van der Waals surface area contributed by atoms with Crippen molar-refractivity contribution in [1.29, 1.82) is 0 Å². The molecule has 2 heterocycles. The van der Waals surface area contributed by atoms with E-state index in [9.17, 15) is 8.42 Å². The molecule has 0 radical (unpaired) electrons. The van der Waals surface area contributed by atoms with Gasteiger partial charge in [-0.15, -0.1) is 5.10 Å². The van der Waals surface area contributed by atoms with E-state index >= 15 is 0 Å². The summed E-state index contributed by atoms with van der Waals surface area (Å²) in [7, 11) is -2.14. The number of anilines is 1. The van der Waals surface area contributed by atoms with Gasteiger partial charge in [0.2, 0.25) is 9.84 Å². The quantitative estimate of drug-likeness (QED) is 0.587. The van der Waals surface area contributed by atoms with Crippen molar-refractivity contribution in [2.24, 2.45) is 0 Å².